The van der Waals surface area contributed by atoms with Crippen LogP contribution in [0.3, 0.4) is 0 Å². The third-order valence-corrected chi connectivity index (χ3v) is 5.03. The van der Waals surface area contributed by atoms with E-state index in [9.17, 15) is 13.9 Å². The molecule has 1 aliphatic rings. The quantitative estimate of drug-likeness (QED) is 0.340. The van der Waals surface area contributed by atoms with E-state index in [1.807, 2.05) is 4.90 Å². The summed E-state index contributed by atoms with van der Waals surface area (Å²) in [4.78, 5) is 8.22. The molecule has 1 heterocycles. The van der Waals surface area contributed by atoms with Crippen LogP contribution in [-0.4, -0.2) is 63.4 Å². The summed E-state index contributed by atoms with van der Waals surface area (Å²) < 4.78 is 37.9. The fourth-order valence-electron chi connectivity index (χ4n) is 3.45. The summed E-state index contributed by atoms with van der Waals surface area (Å²) in [6.45, 7) is 2.75. The van der Waals surface area contributed by atoms with Crippen molar-refractivity contribution in [1.82, 2.24) is 10.2 Å². The summed E-state index contributed by atoms with van der Waals surface area (Å²) in [5.41, 5.74) is 1.13. The molecule has 0 amide bonds. The third kappa shape index (κ3) is 5.81. The molecule has 0 unspecified atom stereocenters. The van der Waals surface area contributed by atoms with Gasteiger partial charge in [0.2, 0.25) is 5.75 Å². The van der Waals surface area contributed by atoms with Crippen LogP contribution in [0.5, 0.6) is 17.2 Å². The number of guanidine groups is 1. The number of nitrogens with one attached hydrogen (secondary N) is 1. The van der Waals surface area contributed by atoms with Gasteiger partial charge in [-0.1, -0.05) is 0 Å². The van der Waals surface area contributed by atoms with Crippen LogP contribution < -0.4 is 19.7 Å². The van der Waals surface area contributed by atoms with Gasteiger partial charge in [-0.3, -0.25) is 4.99 Å². The number of benzene rings is 2. The molecule has 170 valence electrons. The van der Waals surface area contributed by atoms with Gasteiger partial charge in [0, 0.05) is 45.8 Å². The summed E-state index contributed by atoms with van der Waals surface area (Å²) in [5.74, 6) is 0.418. The minimum Gasteiger partial charge on any atom is -0.502 e. The van der Waals surface area contributed by atoms with E-state index in [4.69, 9.17) is 9.47 Å². The van der Waals surface area contributed by atoms with Gasteiger partial charge >= 0.3 is 0 Å². The van der Waals surface area contributed by atoms with Crippen molar-refractivity contribution in [1.29, 1.82) is 0 Å². The number of rotatable bonds is 5. The van der Waals surface area contributed by atoms with E-state index in [0.29, 0.717) is 50.2 Å². The second-order valence-corrected chi connectivity index (χ2v) is 6.82. The minimum atomic E-state index is -0.453. The smallest absolute Gasteiger partial charge is 0.200 e. The molecule has 2 N–H and O–H groups in total. The zero-order valence-corrected chi connectivity index (χ0v) is 20.0. The Morgan fingerprint density at radius 1 is 1.06 bits per heavy atom. The number of ether oxygens (including phenoxy) is 2. The molecule has 0 saturated carbocycles. The van der Waals surface area contributed by atoms with Crippen molar-refractivity contribution in [3.05, 3.63) is 47.5 Å². The van der Waals surface area contributed by atoms with Gasteiger partial charge in [0.05, 0.1) is 19.9 Å². The molecule has 2 aromatic rings. The van der Waals surface area contributed by atoms with Crippen molar-refractivity contribution in [2.75, 3.05) is 52.3 Å². The summed E-state index contributed by atoms with van der Waals surface area (Å²) in [7, 11) is 4.65. The number of aromatic hydroxyl groups is 1. The maximum Gasteiger partial charge on any atom is 0.200 e. The van der Waals surface area contributed by atoms with Gasteiger partial charge in [-0.15, -0.1) is 24.0 Å². The van der Waals surface area contributed by atoms with Crippen LogP contribution in [0.2, 0.25) is 0 Å². The van der Waals surface area contributed by atoms with Gasteiger partial charge in [-0.2, -0.15) is 0 Å². The van der Waals surface area contributed by atoms with Crippen LogP contribution in [0.15, 0.2) is 35.3 Å². The zero-order chi connectivity index (χ0) is 21.7. The molecular formula is C21H27F2IN4O3. The van der Waals surface area contributed by atoms with Crippen LogP contribution in [0.25, 0.3) is 0 Å². The van der Waals surface area contributed by atoms with E-state index in [0.717, 1.165) is 17.7 Å². The Morgan fingerprint density at radius 3 is 2.23 bits per heavy atom. The van der Waals surface area contributed by atoms with Crippen LogP contribution in [0.1, 0.15) is 5.56 Å². The molecular weight excluding hydrogens is 521 g/mol. The summed E-state index contributed by atoms with van der Waals surface area (Å²) >= 11 is 0. The van der Waals surface area contributed by atoms with E-state index in [2.05, 4.69) is 15.2 Å². The fraction of sp³-hybridized carbons (Fsp3) is 0.381. The number of hydrogen-bond donors (Lipinski definition) is 2. The summed E-state index contributed by atoms with van der Waals surface area (Å²) in [6.07, 6.45) is 0. The SMILES string of the molecule is CN=C(NCc1cc(OC)c(O)c(OC)c1)N1CCN(c2cc(F)ccc2F)CC1.I. The molecule has 1 saturated heterocycles. The molecule has 1 aliphatic heterocycles. The molecule has 2 aromatic carbocycles. The lowest BCUT2D eigenvalue weighted by molar-refractivity contribution is 0.339. The zero-order valence-electron chi connectivity index (χ0n) is 17.7. The first-order chi connectivity index (χ1) is 14.5. The molecule has 1 fully saturated rings. The van der Waals surface area contributed by atoms with E-state index in [1.54, 1.807) is 19.2 Å². The normalized spacial score (nSPS) is 14.2. The largest absolute Gasteiger partial charge is 0.502 e. The van der Waals surface area contributed by atoms with Crippen molar-refractivity contribution in [3.8, 4) is 17.2 Å². The van der Waals surface area contributed by atoms with E-state index in [1.165, 1.54) is 20.3 Å². The summed E-state index contributed by atoms with van der Waals surface area (Å²) in [6, 6.07) is 6.95. The van der Waals surface area contributed by atoms with Crippen molar-refractivity contribution in [2.45, 2.75) is 6.54 Å². The lowest BCUT2D eigenvalue weighted by atomic mass is 10.2. The highest BCUT2D eigenvalue weighted by Gasteiger charge is 2.22. The Balaban J connectivity index is 0.00000341. The number of aliphatic imine (C=N–C) groups is 1. The summed E-state index contributed by atoms with van der Waals surface area (Å²) in [5, 5.41) is 13.3. The Kier molecular flexibility index (Phi) is 8.96. The molecule has 0 atom stereocenters. The van der Waals surface area contributed by atoms with Crippen LogP contribution in [0.4, 0.5) is 14.5 Å². The average molecular weight is 548 g/mol. The fourth-order valence-corrected chi connectivity index (χ4v) is 3.45. The highest BCUT2D eigenvalue weighted by molar-refractivity contribution is 14.0. The molecule has 0 aliphatic carbocycles. The van der Waals surface area contributed by atoms with Crippen molar-refractivity contribution >= 4 is 35.6 Å². The first-order valence-electron chi connectivity index (χ1n) is 9.56. The maximum absolute atomic E-state index is 14.0. The van der Waals surface area contributed by atoms with Crippen molar-refractivity contribution in [2.24, 2.45) is 4.99 Å². The topological polar surface area (TPSA) is 69.6 Å². The first kappa shape index (κ1) is 24.8. The maximum atomic E-state index is 14.0. The molecule has 10 heteroatoms. The second kappa shape index (κ2) is 11.2. The van der Waals surface area contributed by atoms with Gasteiger partial charge in [-0.05, 0) is 29.8 Å². The minimum absolute atomic E-state index is 0. The number of phenols is 1. The number of hydrogen-bond acceptors (Lipinski definition) is 5. The van der Waals surface area contributed by atoms with Crippen LogP contribution in [0, 0.1) is 11.6 Å². The highest BCUT2D eigenvalue weighted by Crippen LogP contribution is 2.37. The van der Waals surface area contributed by atoms with Crippen molar-refractivity contribution in [3.63, 3.8) is 0 Å². The predicted octanol–water partition coefficient (Wildman–Crippen LogP) is 3.20. The van der Waals surface area contributed by atoms with Crippen LogP contribution >= 0.6 is 24.0 Å². The van der Waals surface area contributed by atoms with Gasteiger partial charge < -0.3 is 29.7 Å². The number of methoxy groups -OCH3 is 2. The second-order valence-electron chi connectivity index (χ2n) is 6.82. The van der Waals surface area contributed by atoms with Gasteiger partial charge in [0.1, 0.15) is 11.6 Å². The number of nitrogens with zero attached hydrogens (tertiary/aromatic N) is 3. The predicted molar refractivity (Wildman–Crippen MR) is 127 cm³/mol. The van der Waals surface area contributed by atoms with Gasteiger partial charge in [0.15, 0.2) is 17.5 Å². The standard InChI is InChI=1S/C21H26F2N4O3.HI/c1-24-21(25-13-14-10-18(29-2)20(28)19(11-14)30-3)27-8-6-26(7-9-27)17-12-15(22)4-5-16(17)23;/h4-5,10-12,28H,6-9,13H2,1-3H3,(H,24,25);1H. The van der Waals surface area contributed by atoms with Gasteiger partial charge in [-0.25, -0.2) is 8.78 Å². The molecule has 0 radical (unpaired) electrons. The molecule has 31 heavy (non-hydrogen) atoms. The van der Waals surface area contributed by atoms with E-state index >= 15 is 0 Å². The Labute approximate surface area is 197 Å². The third-order valence-electron chi connectivity index (χ3n) is 5.03. The van der Waals surface area contributed by atoms with E-state index in [-0.39, 0.29) is 35.4 Å². The molecule has 0 aromatic heterocycles. The van der Waals surface area contributed by atoms with Crippen LogP contribution in [-0.2, 0) is 6.54 Å². The van der Waals surface area contributed by atoms with E-state index < -0.39 is 11.6 Å². The average Bonchev–Trinajstić information content (AvgIpc) is 2.77. The van der Waals surface area contributed by atoms with Gasteiger partial charge in [0.25, 0.3) is 0 Å². The lowest BCUT2D eigenvalue weighted by Crippen LogP contribution is -2.52. The Hall–Kier alpha value is -2.50. The Morgan fingerprint density at radius 2 is 1.68 bits per heavy atom. The lowest BCUT2D eigenvalue weighted by Gasteiger charge is -2.37. The number of piperazine rings is 1. The number of phenolic OH excluding ortho intramolecular Hbond substituents is 1. The van der Waals surface area contributed by atoms with Crippen molar-refractivity contribution < 1.29 is 23.4 Å². The number of anilines is 1. The first-order valence-corrected chi connectivity index (χ1v) is 9.56. The monoisotopic (exact) mass is 548 g/mol. The molecule has 0 spiro atoms. The Bertz CT molecular complexity index is 896. The number of halogens is 3. The molecule has 7 nitrogen and oxygen atoms in total. The molecule has 3 rings (SSSR count). The molecule has 0 bridgehead atoms. The highest BCUT2D eigenvalue weighted by atomic mass is 127.